The molecule has 1 aromatic rings. The van der Waals surface area contributed by atoms with Gasteiger partial charge in [0.25, 0.3) is 0 Å². The molecule has 0 saturated heterocycles. The molecule has 2 amide bonds. The molecule has 0 bridgehead atoms. The fourth-order valence-electron chi connectivity index (χ4n) is 1.44. The summed E-state index contributed by atoms with van der Waals surface area (Å²) >= 11 is 6.05. The monoisotopic (exact) mass is 296 g/mol. The first-order valence-electron chi connectivity index (χ1n) is 6.49. The van der Waals surface area contributed by atoms with Crippen molar-refractivity contribution in [1.29, 1.82) is 0 Å². The predicted molar refractivity (Wildman–Crippen MR) is 81.9 cm³/mol. The number of halogens is 1. The Hall–Kier alpha value is -1.55. The van der Waals surface area contributed by atoms with Crippen LogP contribution in [0.25, 0.3) is 0 Å². The van der Waals surface area contributed by atoms with Crippen molar-refractivity contribution in [2.24, 2.45) is 5.41 Å². The summed E-state index contributed by atoms with van der Waals surface area (Å²) in [5.74, 6) is -0.469. The van der Waals surface area contributed by atoms with Gasteiger partial charge in [-0.15, -0.1) is 0 Å². The molecule has 20 heavy (non-hydrogen) atoms. The molecular weight excluding hydrogens is 276 g/mol. The van der Waals surface area contributed by atoms with Gasteiger partial charge in [-0.2, -0.15) is 0 Å². The molecule has 1 rings (SSSR count). The van der Waals surface area contributed by atoms with E-state index in [-0.39, 0.29) is 11.8 Å². The summed E-state index contributed by atoms with van der Waals surface area (Å²) in [7, 11) is 0. The largest absolute Gasteiger partial charge is 0.344 e. The quantitative estimate of drug-likeness (QED) is 0.900. The number of hydrogen-bond donors (Lipinski definition) is 2. The molecule has 0 fully saturated rings. The van der Waals surface area contributed by atoms with Crippen LogP contribution in [-0.2, 0) is 9.59 Å². The predicted octanol–water partition coefficient (Wildman–Crippen LogP) is 3.14. The van der Waals surface area contributed by atoms with Gasteiger partial charge in [0.05, 0.1) is 10.7 Å². The van der Waals surface area contributed by atoms with Crippen molar-refractivity contribution in [3.05, 3.63) is 28.8 Å². The average Bonchev–Trinajstić information content (AvgIpc) is 2.31. The second kappa shape index (κ2) is 6.27. The Bertz CT molecular complexity index is 521. The van der Waals surface area contributed by atoms with E-state index in [1.807, 2.05) is 13.0 Å². The standard InChI is InChI=1S/C15H21ClN2O2/c1-9-6-7-12(11(16)8-9)18-13(19)10(2)17-14(20)15(3,4)5/h6-8,10H,1-5H3,(H,17,20)(H,18,19)/t10-/m0/s1. The zero-order valence-corrected chi connectivity index (χ0v) is 13.3. The number of benzene rings is 1. The Morgan fingerprint density at radius 1 is 1.25 bits per heavy atom. The molecule has 1 atom stereocenters. The molecule has 110 valence electrons. The topological polar surface area (TPSA) is 58.2 Å². The minimum absolute atomic E-state index is 0.171. The van der Waals surface area contributed by atoms with Gasteiger partial charge < -0.3 is 10.6 Å². The van der Waals surface area contributed by atoms with Gasteiger partial charge in [0.2, 0.25) is 11.8 Å². The van der Waals surface area contributed by atoms with E-state index < -0.39 is 11.5 Å². The Morgan fingerprint density at radius 3 is 2.35 bits per heavy atom. The third-order valence-electron chi connectivity index (χ3n) is 2.80. The number of nitrogens with one attached hydrogen (secondary N) is 2. The molecule has 0 radical (unpaired) electrons. The van der Waals surface area contributed by atoms with E-state index >= 15 is 0 Å². The highest BCUT2D eigenvalue weighted by Gasteiger charge is 2.25. The van der Waals surface area contributed by atoms with Crippen LogP contribution in [-0.4, -0.2) is 17.9 Å². The lowest BCUT2D eigenvalue weighted by Crippen LogP contribution is -2.46. The lowest BCUT2D eigenvalue weighted by atomic mass is 9.95. The van der Waals surface area contributed by atoms with E-state index in [4.69, 9.17) is 11.6 Å². The zero-order valence-electron chi connectivity index (χ0n) is 12.5. The maximum absolute atomic E-state index is 12.0. The van der Waals surface area contributed by atoms with Crippen LogP contribution in [0.5, 0.6) is 0 Å². The van der Waals surface area contributed by atoms with E-state index in [2.05, 4.69) is 10.6 Å². The molecular formula is C15H21ClN2O2. The summed E-state index contributed by atoms with van der Waals surface area (Å²) in [6.45, 7) is 8.95. The minimum Gasteiger partial charge on any atom is -0.344 e. The van der Waals surface area contributed by atoms with Gasteiger partial charge in [-0.05, 0) is 31.5 Å². The molecule has 0 aliphatic heterocycles. The summed E-state index contributed by atoms with van der Waals surface area (Å²) in [5, 5.41) is 5.86. The summed E-state index contributed by atoms with van der Waals surface area (Å²) in [6, 6.07) is 4.75. The van der Waals surface area contributed by atoms with Gasteiger partial charge in [0.1, 0.15) is 6.04 Å². The molecule has 5 heteroatoms. The molecule has 1 aromatic carbocycles. The third-order valence-corrected chi connectivity index (χ3v) is 3.12. The average molecular weight is 297 g/mol. The van der Waals surface area contributed by atoms with Gasteiger partial charge in [-0.25, -0.2) is 0 Å². The SMILES string of the molecule is Cc1ccc(NC(=O)[C@H](C)NC(=O)C(C)(C)C)c(Cl)c1. The number of hydrogen-bond acceptors (Lipinski definition) is 2. The van der Waals surface area contributed by atoms with Crippen molar-refractivity contribution in [1.82, 2.24) is 5.32 Å². The van der Waals surface area contributed by atoms with E-state index in [0.29, 0.717) is 10.7 Å². The second-order valence-corrected chi connectivity index (χ2v) is 6.32. The van der Waals surface area contributed by atoms with Gasteiger partial charge in [-0.1, -0.05) is 38.4 Å². The fraction of sp³-hybridized carbons (Fsp3) is 0.467. The van der Waals surface area contributed by atoms with Crippen LogP contribution < -0.4 is 10.6 Å². The van der Waals surface area contributed by atoms with Crippen molar-refractivity contribution < 1.29 is 9.59 Å². The molecule has 4 nitrogen and oxygen atoms in total. The number of anilines is 1. The third kappa shape index (κ3) is 4.53. The first kappa shape index (κ1) is 16.5. The van der Waals surface area contributed by atoms with Gasteiger partial charge in [-0.3, -0.25) is 9.59 Å². The number of amides is 2. The van der Waals surface area contributed by atoms with Crippen molar-refractivity contribution in [2.45, 2.75) is 40.7 Å². The Kier molecular flexibility index (Phi) is 5.17. The summed E-state index contributed by atoms with van der Waals surface area (Å²) < 4.78 is 0. The zero-order chi connectivity index (χ0) is 15.5. The van der Waals surface area contributed by atoms with Crippen LogP contribution in [0, 0.1) is 12.3 Å². The number of carbonyl (C=O) groups is 2. The molecule has 0 aliphatic rings. The first-order valence-corrected chi connectivity index (χ1v) is 6.87. The van der Waals surface area contributed by atoms with E-state index in [1.54, 1.807) is 39.8 Å². The highest BCUT2D eigenvalue weighted by molar-refractivity contribution is 6.33. The minimum atomic E-state index is -0.626. The normalized spacial score (nSPS) is 12.7. The smallest absolute Gasteiger partial charge is 0.246 e. The molecule has 0 saturated carbocycles. The van der Waals surface area contributed by atoms with E-state index in [0.717, 1.165) is 5.56 Å². The van der Waals surface area contributed by atoms with Crippen molar-refractivity contribution in [3.63, 3.8) is 0 Å². The first-order chi connectivity index (χ1) is 9.11. The van der Waals surface area contributed by atoms with Crippen molar-refractivity contribution in [3.8, 4) is 0 Å². The van der Waals surface area contributed by atoms with Crippen LogP contribution in [0.15, 0.2) is 18.2 Å². The van der Waals surface area contributed by atoms with Crippen LogP contribution >= 0.6 is 11.6 Å². The number of carbonyl (C=O) groups excluding carboxylic acids is 2. The second-order valence-electron chi connectivity index (χ2n) is 5.92. The fourth-order valence-corrected chi connectivity index (χ4v) is 1.72. The van der Waals surface area contributed by atoms with Crippen LogP contribution in [0.1, 0.15) is 33.3 Å². The van der Waals surface area contributed by atoms with E-state index in [9.17, 15) is 9.59 Å². The molecule has 0 spiro atoms. The van der Waals surface area contributed by atoms with Crippen LogP contribution in [0.3, 0.4) is 0 Å². The highest BCUT2D eigenvalue weighted by atomic mass is 35.5. The molecule has 0 heterocycles. The number of aryl methyl sites for hydroxylation is 1. The Labute approximate surface area is 124 Å². The van der Waals surface area contributed by atoms with Gasteiger partial charge in [0.15, 0.2) is 0 Å². The maximum Gasteiger partial charge on any atom is 0.246 e. The lowest BCUT2D eigenvalue weighted by molar-refractivity contribution is -0.131. The van der Waals surface area contributed by atoms with Gasteiger partial charge >= 0.3 is 0 Å². The Morgan fingerprint density at radius 2 is 1.85 bits per heavy atom. The number of rotatable bonds is 3. The highest BCUT2D eigenvalue weighted by Crippen LogP contribution is 2.22. The molecule has 0 aliphatic carbocycles. The lowest BCUT2D eigenvalue weighted by Gasteiger charge is -2.21. The van der Waals surface area contributed by atoms with Crippen LogP contribution in [0.4, 0.5) is 5.69 Å². The summed E-state index contributed by atoms with van der Waals surface area (Å²) in [4.78, 5) is 23.9. The molecule has 0 aromatic heterocycles. The Balaban J connectivity index is 2.69. The van der Waals surface area contributed by atoms with Crippen molar-refractivity contribution >= 4 is 29.1 Å². The molecule has 2 N–H and O–H groups in total. The van der Waals surface area contributed by atoms with Crippen LogP contribution in [0.2, 0.25) is 5.02 Å². The van der Waals surface area contributed by atoms with E-state index in [1.165, 1.54) is 0 Å². The molecule has 0 unspecified atom stereocenters. The van der Waals surface area contributed by atoms with Gasteiger partial charge in [0, 0.05) is 5.41 Å². The maximum atomic E-state index is 12.0. The van der Waals surface area contributed by atoms with Crippen molar-refractivity contribution in [2.75, 3.05) is 5.32 Å². The summed E-state index contributed by atoms with van der Waals surface area (Å²) in [6.07, 6.45) is 0. The summed E-state index contributed by atoms with van der Waals surface area (Å²) in [5.41, 5.74) is 1.02.